The van der Waals surface area contributed by atoms with E-state index in [1.807, 2.05) is 56.3 Å². The van der Waals surface area contributed by atoms with Crippen molar-refractivity contribution < 1.29 is 18.0 Å². The van der Waals surface area contributed by atoms with Crippen molar-refractivity contribution in [3.8, 4) is 0 Å². The molecule has 0 aliphatic carbocycles. The van der Waals surface area contributed by atoms with Crippen molar-refractivity contribution in [3.05, 3.63) is 129 Å². The van der Waals surface area contributed by atoms with Crippen molar-refractivity contribution in [2.24, 2.45) is 0 Å². The molecule has 1 N–H and O–H groups in total. The van der Waals surface area contributed by atoms with Gasteiger partial charge in [-0.3, -0.25) is 13.9 Å². The second kappa shape index (κ2) is 14.3. The number of sulfonamides is 1. The highest BCUT2D eigenvalue weighted by molar-refractivity contribution is 7.92. The Morgan fingerprint density at radius 2 is 1.45 bits per heavy atom. The zero-order chi connectivity index (χ0) is 32.0. The number of carbonyl (C=O) groups is 2. The number of anilines is 1. The van der Waals surface area contributed by atoms with Gasteiger partial charge in [0.2, 0.25) is 11.8 Å². The Labute approximate surface area is 269 Å². The molecule has 2 amide bonds. The Bertz CT molecular complexity index is 1750. The summed E-state index contributed by atoms with van der Waals surface area (Å²) < 4.78 is 29.5. The van der Waals surface area contributed by atoms with E-state index in [1.165, 1.54) is 24.1 Å². The Kier molecular flexibility index (Phi) is 10.7. The minimum absolute atomic E-state index is 0.00807. The van der Waals surface area contributed by atoms with Gasteiger partial charge in [0.25, 0.3) is 10.0 Å². The van der Waals surface area contributed by atoms with Gasteiger partial charge in [0.15, 0.2) is 0 Å². The molecule has 230 valence electrons. The van der Waals surface area contributed by atoms with Crippen LogP contribution in [0.3, 0.4) is 0 Å². The van der Waals surface area contributed by atoms with Gasteiger partial charge in [-0.05, 0) is 73.4 Å². The smallest absolute Gasteiger partial charge is 0.264 e. The summed E-state index contributed by atoms with van der Waals surface area (Å²) in [7, 11) is -2.68. The monoisotopic (exact) mass is 651 g/mol. The Morgan fingerprint density at radius 1 is 0.795 bits per heavy atom. The molecule has 0 aliphatic heterocycles. The summed E-state index contributed by atoms with van der Waals surface area (Å²) in [4.78, 5) is 29.3. The molecule has 0 fully saturated rings. The number of hydrogen-bond donors (Lipinski definition) is 1. The minimum Gasteiger partial charge on any atom is -0.357 e. The summed E-state index contributed by atoms with van der Waals surface area (Å²) in [5.74, 6) is -0.945. The summed E-state index contributed by atoms with van der Waals surface area (Å²) in [6.07, 6.45) is 0.210. The van der Waals surface area contributed by atoms with Crippen LogP contribution in [0.2, 0.25) is 10.0 Å². The van der Waals surface area contributed by atoms with E-state index in [9.17, 15) is 18.0 Å². The average molecular weight is 653 g/mol. The zero-order valence-electron chi connectivity index (χ0n) is 25.1. The lowest BCUT2D eigenvalue weighted by molar-refractivity contribution is -0.139. The molecule has 0 bridgehead atoms. The second-order valence-corrected chi connectivity index (χ2v) is 13.4. The molecule has 0 aliphatic rings. The normalized spacial score (nSPS) is 12.0. The zero-order valence-corrected chi connectivity index (χ0v) is 27.4. The van der Waals surface area contributed by atoms with Crippen molar-refractivity contribution in [2.75, 3.05) is 17.9 Å². The van der Waals surface area contributed by atoms with Crippen LogP contribution in [0, 0.1) is 20.8 Å². The Balaban J connectivity index is 1.83. The van der Waals surface area contributed by atoms with Crippen LogP contribution in [0.1, 0.15) is 27.8 Å². The van der Waals surface area contributed by atoms with Crippen molar-refractivity contribution in [1.82, 2.24) is 10.2 Å². The number of aryl methyl sites for hydroxylation is 3. The molecular formula is C34H35Cl2N3O4S. The van der Waals surface area contributed by atoms with E-state index < -0.39 is 28.5 Å². The Morgan fingerprint density at radius 3 is 2.09 bits per heavy atom. The van der Waals surface area contributed by atoms with Gasteiger partial charge in [-0.25, -0.2) is 8.42 Å². The topological polar surface area (TPSA) is 86.8 Å². The number of benzene rings is 4. The van der Waals surface area contributed by atoms with Gasteiger partial charge in [-0.1, -0.05) is 89.4 Å². The second-order valence-electron chi connectivity index (χ2n) is 10.7. The maximum atomic E-state index is 14.4. The number of carbonyl (C=O) groups excluding carboxylic acids is 2. The SMILES string of the molecule is CNC(=O)C(Cc1ccccc1)N(Cc1ccc(Cl)c(Cl)c1)C(=O)CN(c1cc(C)ccc1C)S(=O)(=O)c1ccc(C)cc1. The first-order valence-electron chi connectivity index (χ1n) is 14.1. The Hall–Kier alpha value is -3.85. The fraction of sp³-hybridized carbons (Fsp3) is 0.235. The quantitative estimate of drug-likeness (QED) is 0.201. The highest BCUT2D eigenvalue weighted by atomic mass is 35.5. The van der Waals surface area contributed by atoms with E-state index in [0.717, 1.165) is 21.0 Å². The van der Waals surface area contributed by atoms with Gasteiger partial charge in [-0.15, -0.1) is 0 Å². The number of halogens is 2. The van der Waals surface area contributed by atoms with Gasteiger partial charge in [0, 0.05) is 20.0 Å². The van der Waals surface area contributed by atoms with Crippen LogP contribution in [0.25, 0.3) is 0 Å². The number of rotatable bonds is 11. The van der Waals surface area contributed by atoms with E-state index in [2.05, 4.69) is 5.32 Å². The van der Waals surface area contributed by atoms with Crippen LogP contribution < -0.4 is 9.62 Å². The molecule has 1 atom stereocenters. The van der Waals surface area contributed by atoms with Gasteiger partial charge in [-0.2, -0.15) is 0 Å². The standard InChI is InChI=1S/C34H35Cl2N3O4S/c1-23-11-15-28(16-12-23)44(42,43)39(31-18-24(2)10-13-25(31)3)22-33(40)38(21-27-14-17-29(35)30(36)19-27)32(34(41)37-4)20-26-8-6-5-7-9-26/h5-19,32H,20-22H2,1-4H3,(H,37,41). The fourth-order valence-electron chi connectivity index (χ4n) is 4.89. The van der Waals surface area contributed by atoms with Gasteiger partial charge < -0.3 is 10.2 Å². The van der Waals surface area contributed by atoms with E-state index in [1.54, 1.807) is 43.3 Å². The third-order valence-corrected chi connectivity index (χ3v) is 9.89. The van der Waals surface area contributed by atoms with Crippen LogP contribution in [-0.4, -0.2) is 44.8 Å². The van der Waals surface area contributed by atoms with Crippen molar-refractivity contribution in [3.63, 3.8) is 0 Å². The van der Waals surface area contributed by atoms with Gasteiger partial charge in [0.05, 0.1) is 20.6 Å². The molecule has 10 heteroatoms. The molecule has 4 rings (SSSR count). The summed E-state index contributed by atoms with van der Waals surface area (Å²) in [6.45, 7) is 4.98. The predicted molar refractivity (Wildman–Crippen MR) is 177 cm³/mol. The molecule has 0 aromatic heterocycles. The lowest BCUT2D eigenvalue weighted by Gasteiger charge is -2.34. The first kappa shape index (κ1) is 33.1. The molecule has 0 radical (unpaired) electrons. The number of likely N-dealkylation sites (N-methyl/N-ethyl adjacent to an activating group) is 1. The molecule has 0 spiro atoms. The molecule has 4 aromatic rings. The molecule has 0 saturated heterocycles. The highest BCUT2D eigenvalue weighted by Crippen LogP contribution is 2.29. The maximum Gasteiger partial charge on any atom is 0.264 e. The van der Waals surface area contributed by atoms with Crippen LogP contribution >= 0.6 is 23.2 Å². The van der Waals surface area contributed by atoms with E-state index in [0.29, 0.717) is 26.9 Å². The summed E-state index contributed by atoms with van der Waals surface area (Å²) in [5.41, 5.74) is 4.28. The summed E-state index contributed by atoms with van der Waals surface area (Å²) >= 11 is 12.5. The first-order valence-corrected chi connectivity index (χ1v) is 16.3. The molecule has 1 unspecified atom stereocenters. The third kappa shape index (κ3) is 7.80. The van der Waals surface area contributed by atoms with Crippen LogP contribution in [-0.2, 0) is 32.6 Å². The molecule has 44 heavy (non-hydrogen) atoms. The van der Waals surface area contributed by atoms with Crippen molar-refractivity contribution >= 4 is 50.7 Å². The predicted octanol–water partition coefficient (Wildman–Crippen LogP) is 6.50. The number of nitrogens with zero attached hydrogens (tertiary/aromatic N) is 2. The minimum atomic E-state index is -4.19. The summed E-state index contributed by atoms with van der Waals surface area (Å²) in [6, 6.07) is 25.3. The number of hydrogen-bond acceptors (Lipinski definition) is 4. The number of amides is 2. The van der Waals surface area contributed by atoms with E-state index >= 15 is 0 Å². The lowest BCUT2D eigenvalue weighted by atomic mass is 10.0. The largest absolute Gasteiger partial charge is 0.357 e. The van der Waals surface area contributed by atoms with Gasteiger partial charge in [0.1, 0.15) is 12.6 Å². The molecule has 7 nitrogen and oxygen atoms in total. The van der Waals surface area contributed by atoms with Gasteiger partial charge >= 0.3 is 0 Å². The van der Waals surface area contributed by atoms with Crippen molar-refractivity contribution in [2.45, 2.75) is 44.7 Å². The molecular weight excluding hydrogens is 617 g/mol. The van der Waals surface area contributed by atoms with E-state index in [4.69, 9.17) is 23.2 Å². The first-order chi connectivity index (χ1) is 20.9. The lowest BCUT2D eigenvalue weighted by Crippen LogP contribution is -2.53. The van der Waals surface area contributed by atoms with E-state index in [-0.39, 0.29) is 23.8 Å². The fourth-order valence-corrected chi connectivity index (χ4v) is 6.69. The average Bonchev–Trinajstić information content (AvgIpc) is 3.01. The van der Waals surface area contributed by atoms with Crippen LogP contribution in [0.15, 0.2) is 95.9 Å². The van der Waals surface area contributed by atoms with Crippen LogP contribution in [0.5, 0.6) is 0 Å². The third-order valence-electron chi connectivity index (χ3n) is 7.38. The molecule has 0 heterocycles. The van der Waals surface area contributed by atoms with Crippen molar-refractivity contribution in [1.29, 1.82) is 0 Å². The summed E-state index contributed by atoms with van der Waals surface area (Å²) in [5, 5.41) is 3.33. The highest BCUT2D eigenvalue weighted by Gasteiger charge is 2.35. The molecule has 0 saturated carbocycles. The van der Waals surface area contributed by atoms with Crippen LogP contribution in [0.4, 0.5) is 5.69 Å². The molecule has 4 aromatic carbocycles. The number of nitrogens with one attached hydrogen (secondary N) is 1. The maximum absolute atomic E-state index is 14.4.